The minimum Gasteiger partial charge on any atom is -0.332 e. The summed E-state index contributed by atoms with van der Waals surface area (Å²) in [6.07, 6.45) is 3.69. The highest BCUT2D eigenvalue weighted by molar-refractivity contribution is 5.43. The van der Waals surface area contributed by atoms with E-state index in [1.807, 2.05) is 30.3 Å². The third-order valence-corrected chi connectivity index (χ3v) is 4.24. The number of hydrogen-bond donors (Lipinski definition) is 2. The van der Waals surface area contributed by atoms with Gasteiger partial charge in [-0.3, -0.25) is 0 Å². The van der Waals surface area contributed by atoms with Gasteiger partial charge in [0.1, 0.15) is 0 Å². The Morgan fingerprint density at radius 3 is 2.79 bits per heavy atom. The first kappa shape index (κ1) is 15.0. The van der Waals surface area contributed by atoms with Gasteiger partial charge in [0.05, 0.1) is 18.3 Å². The Morgan fingerprint density at radius 1 is 1.21 bits per heavy atom. The molecule has 1 aliphatic rings. The quantitative estimate of drug-likeness (QED) is 0.744. The molecule has 24 heavy (non-hydrogen) atoms. The average molecular weight is 325 g/mol. The number of nitrogens with one attached hydrogen (secondary N) is 1. The Kier molecular flexibility index (Phi) is 4.06. The first-order valence-corrected chi connectivity index (χ1v) is 8.08. The van der Waals surface area contributed by atoms with Crippen molar-refractivity contribution in [2.75, 3.05) is 13.1 Å². The van der Waals surface area contributed by atoms with E-state index in [2.05, 4.69) is 25.7 Å². The minimum absolute atomic E-state index is 0.314. The smallest absolute Gasteiger partial charge is 0.280 e. The largest absolute Gasteiger partial charge is 0.332 e. The fourth-order valence-electron chi connectivity index (χ4n) is 2.86. The van der Waals surface area contributed by atoms with Crippen molar-refractivity contribution < 1.29 is 4.52 Å². The zero-order chi connectivity index (χ0) is 16.4. The second kappa shape index (κ2) is 6.50. The van der Waals surface area contributed by atoms with Crippen molar-refractivity contribution in [1.29, 1.82) is 0 Å². The predicted molar refractivity (Wildman–Crippen MR) is 86.9 cm³/mol. The Hall–Kier alpha value is -2.58. The Bertz CT molecular complexity index is 792. The van der Waals surface area contributed by atoms with Gasteiger partial charge in [-0.1, -0.05) is 35.5 Å². The van der Waals surface area contributed by atoms with Gasteiger partial charge < -0.3 is 15.6 Å². The van der Waals surface area contributed by atoms with Gasteiger partial charge in [0.2, 0.25) is 0 Å². The molecule has 3 heterocycles. The molecule has 0 saturated carbocycles. The summed E-state index contributed by atoms with van der Waals surface area (Å²) >= 11 is 0. The summed E-state index contributed by atoms with van der Waals surface area (Å²) in [7, 11) is 0. The van der Waals surface area contributed by atoms with Crippen molar-refractivity contribution in [3.8, 4) is 11.6 Å². The monoisotopic (exact) mass is 325 g/mol. The van der Waals surface area contributed by atoms with Gasteiger partial charge in [-0.25, -0.2) is 0 Å². The average Bonchev–Trinajstić information content (AvgIpc) is 3.32. The maximum atomic E-state index is 6.20. The van der Waals surface area contributed by atoms with E-state index in [1.165, 1.54) is 0 Å². The normalized spacial score (nSPS) is 17.0. The standard InChI is InChI=1S/C16H19N7O/c17-14(11-4-2-1-3-5-11)15-20-16(24-22-15)13-10-19-23(21-13)12-6-8-18-9-7-12/h1-5,10,12,14,18H,6-9,17H2. The summed E-state index contributed by atoms with van der Waals surface area (Å²) in [5.41, 5.74) is 7.71. The van der Waals surface area contributed by atoms with E-state index in [1.54, 1.807) is 11.0 Å². The first-order valence-electron chi connectivity index (χ1n) is 8.08. The third-order valence-electron chi connectivity index (χ3n) is 4.24. The van der Waals surface area contributed by atoms with Crippen LogP contribution in [-0.2, 0) is 0 Å². The number of benzene rings is 1. The molecular weight excluding hydrogens is 306 g/mol. The lowest BCUT2D eigenvalue weighted by atomic mass is 10.1. The van der Waals surface area contributed by atoms with Crippen LogP contribution in [0.25, 0.3) is 11.6 Å². The van der Waals surface area contributed by atoms with Gasteiger partial charge in [-0.15, -0.1) is 5.10 Å². The molecule has 0 spiro atoms. The molecule has 1 unspecified atom stereocenters. The van der Waals surface area contributed by atoms with Crippen LogP contribution in [0.15, 0.2) is 41.1 Å². The number of nitrogens with two attached hydrogens (primary N) is 1. The molecular formula is C16H19N7O. The zero-order valence-corrected chi connectivity index (χ0v) is 13.2. The number of hydrogen-bond acceptors (Lipinski definition) is 7. The van der Waals surface area contributed by atoms with E-state index in [0.29, 0.717) is 23.5 Å². The molecule has 1 fully saturated rings. The molecule has 0 aliphatic carbocycles. The fourth-order valence-corrected chi connectivity index (χ4v) is 2.86. The Labute approximate surface area is 139 Å². The summed E-state index contributed by atoms with van der Waals surface area (Å²) < 4.78 is 5.32. The van der Waals surface area contributed by atoms with Gasteiger partial charge in [0, 0.05) is 0 Å². The van der Waals surface area contributed by atoms with Crippen molar-refractivity contribution >= 4 is 0 Å². The molecule has 1 aliphatic heterocycles. The van der Waals surface area contributed by atoms with Crippen molar-refractivity contribution in [2.24, 2.45) is 5.73 Å². The number of aromatic nitrogens is 5. The van der Waals surface area contributed by atoms with Crippen LogP contribution in [0.4, 0.5) is 0 Å². The number of nitrogens with zero attached hydrogens (tertiary/aromatic N) is 5. The maximum Gasteiger partial charge on any atom is 0.280 e. The van der Waals surface area contributed by atoms with Gasteiger partial charge >= 0.3 is 0 Å². The maximum absolute atomic E-state index is 6.20. The zero-order valence-electron chi connectivity index (χ0n) is 13.2. The lowest BCUT2D eigenvalue weighted by Gasteiger charge is -2.21. The van der Waals surface area contributed by atoms with Crippen LogP contribution in [0.2, 0.25) is 0 Å². The second-order valence-electron chi connectivity index (χ2n) is 5.88. The van der Waals surface area contributed by atoms with Crippen molar-refractivity contribution in [3.05, 3.63) is 47.9 Å². The van der Waals surface area contributed by atoms with Crippen LogP contribution in [-0.4, -0.2) is 38.2 Å². The van der Waals surface area contributed by atoms with E-state index in [9.17, 15) is 0 Å². The molecule has 0 bridgehead atoms. The van der Waals surface area contributed by atoms with Gasteiger partial charge in [0.15, 0.2) is 11.5 Å². The van der Waals surface area contributed by atoms with E-state index < -0.39 is 6.04 Å². The van der Waals surface area contributed by atoms with E-state index in [0.717, 1.165) is 31.5 Å². The lowest BCUT2D eigenvalue weighted by molar-refractivity contribution is 0.313. The highest BCUT2D eigenvalue weighted by Gasteiger charge is 2.21. The molecule has 124 valence electrons. The molecule has 8 nitrogen and oxygen atoms in total. The van der Waals surface area contributed by atoms with Gasteiger partial charge in [0.25, 0.3) is 5.89 Å². The van der Waals surface area contributed by atoms with Crippen LogP contribution >= 0.6 is 0 Å². The molecule has 1 atom stereocenters. The van der Waals surface area contributed by atoms with Crippen LogP contribution < -0.4 is 11.1 Å². The summed E-state index contributed by atoms with van der Waals surface area (Å²) in [5.74, 6) is 0.782. The summed E-state index contributed by atoms with van der Waals surface area (Å²) in [4.78, 5) is 6.13. The Balaban J connectivity index is 1.53. The Morgan fingerprint density at radius 2 is 2.00 bits per heavy atom. The summed E-state index contributed by atoms with van der Waals surface area (Å²) in [6, 6.07) is 9.57. The van der Waals surface area contributed by atoms with E-state index in [-0.39, 0.29) is 0 Å². The molecule has 0 amide bonds. The molecule has 0 radical (unpaired) electrons. The SMILES string of the molecule is NC(c1ccccc1)c1noc(-c2cnn(C3CCNCC3)n2)n1. The highest BCUT2D eigenvalue weighted by Crippen LogP contribution is 2.22. The van der Waals surface area contributed by atoms with Crippen LogP contribution in [0.3, 0.4) is 0 Å². The van der Waals surface area contributed by atoms with Crippen molar-refractivity contribution in [3.63, 3.8) is 0 Å². The minimum atomic E-state index is -0.428. The van der Waals surface area contributed by atoms with Crippen LogP contribution in [0, 0.1) is 0 Å². The topological polar surface area (TPSA) is 108 Å². The van der Waals surface area contributed by atoms with E-state index >= 15 is 0 Å². The lowest BCUT2D eigenvalue weighted by Crippen LogP contribution is -2.30. The number of rotatable bonds is 4. The molecule has 1 saturated heterocycles. The molecule has 2 aromatic heterocycles. The molecule has 8 heteroatoms. The van der Waals surface area contributed by atoms with Crippen LogP contribution in [0.1, 0.15) is 36.3 Å². The molecule has 1 aromatic carbocycles. The molecule has 3 aromatic rings. The van der Waals surface area contributed by atoms with Crippen molar-refractivity contribution in [1.82, 2.24) is 30.5 Å². The first-order chi connectivity index (χ1) is 11.8. The van der Waals surface area contributed by atoms with Gasteiger partial charge in [-0.2, -0.15) is 14.9 Å². The van der Waals surface area contributed by atoms with Crippen molar-refractivity contribution in [2.45, 2.75) is 24.9 Å². The number of piperidine rings is 1. The fraction of sp³-hybridized carbons (Fsp3) is 0.375. The summed E-state index contributed by atoms with van der Waals surface area (Å²) in [6.45, 7) is 1.97. The van der Waals surface area contributed by atoms with Crippen LogP contribution in [0.5, 0.6) is 0 Å². The predicted octanol–water partition coefficient (Wildman–Crippen LogP) is 1.30. The second-order valence-corrected chi connectivity index (χ2v) is 5.88. The summed E-state index contributed by atoms with van der Waals surface area (Å²) in [5, 5.41) is 16.2. The van der Waals surface area contributed by atoms with Gasteiger partial charge in [-0.05, 0) is 31.5 Å². The van der Waals surface area contributed by atoms with E-state index in [4.69, 9.17) is 10.3 Å². The molecule has 4 rings (SSSR count). The highest BCUT2D eigenvalue weighted by atomic mass is 16.5. The third kappa shape index (κ3) is 2.93. The molecule has 3 N–H and O–H groups in total.